The van der Waals surface area contributed by atoms with Crippen molar-refractivity contribution in [1.29, 1.82) is 0 Å². The van der Waals surface area contributed by atoms with Gasteiger partial charge in [-0.15, -0.1) is 0 Å². The van der Waals surface area contributed by atoms with Gasteiger partial charge in [0.15, 0.2) is 16.6 Å². The first-order valence-corrected chi connectivity index (χ1v) is 10.3. The Bertz CT molecular complexity index is 942. The summed E-state index contributed by atoms with van der Waals surface area (Å²) in [4.78, 5) is 17.5. The number of nitrogens with one attached hydrogen (secondary N) is 2. The van der Waals surface area contributed by atoms with Crippen molar-refractivity contribution in [2.45, 2.75) is 31.9 Å². The molecule has 1 fully saturated rings. The van der Waals surface area contributed by atoms with E-state index in [9.17, 15) is 9.90 Å². The van der Waals surface area contributed by atoms with Crippen LogP contribution in [-0.4, -0.2) is 59.3 Å². The third kappa shape index (κ3) is 4.63. The fourth-order valence-corrected chi connectivity index (χ4v) is 3.84. The van der Waals surface area contributed by atoms with E-state index in [-0.39, 0.29) is 25.1 Å². The Morgan fingerprint density at radius 1 is 1.31 bits per heavy atom. The van der Waals surface area contributed by atoms with Crippen molar-refractivity contribution in [3.05, 3.63) is 34.1 Å². The lowest BCUT2D eigenvalue weighted by molar-refractivity contribution is 0.113. The Labute approximate surface area is 173 Å². The predicted octanol–water partition coefficient (Wildman–Crippen LogP) is 1.49. The number of hydrogen-bond acceptors (Lipinski definition) is 6. The molecule has 0 saturated carbocycles. The number of aliphatic hydroxyl groups is 1. The van der Waals surface area contributed by atoms with Gasteiger partial charge < -0.3 is 34.5 Å². The summed E-state index contributed by atoms with van der Waals surface area (Å²) in [5.41, 5.74) is 1.12. The number of ether oxygens (including phenoxy) is 3. The molecule has 1 saturated heterocycles. The van der Waals surface area contributed by atoms with E-state index in [0.717, 1.165) is 24.8 Å². The Balaban J connectivity index is 1.51. The number of benzene rings is 1. The zero-order chi connectivity index (χ0) is 20.2. The monoisotopic (exact) mass is 419 g/mol. The summed E-state index contributed by atoms with van der Waals surface area (Å²) < 4.78 is 16.4. The average molecular weight is 420 g/mol. The van der Waals surface area contributed by atoms with E-state index < -0.39 is 0 Å². The van der Waals surface area contributed by atoms with Crippen molar-refractivity contribution in [2.75, 3.05) is 33.1 Å². The predicted molar refractivity (Wildman–Crippen MR) is 112 cm³/mol. The normalized spacial score (nSPS) is 17.6. The van der Waals surface area contributed by atoms with Gasteiger partial charge in [0, 0.05) is 43.3 Å². The van der Waals surface area contributed by atoms with E-state index >= 15 is 0 Å². The van der Waals surface area contributed by atoms with Gasteiger partial charge in [0.1, 0.15) is 0 Å². The van der Waals surface area contributed by atoms with Crippen molar-refractivity contribution >= 4 is 28.2 Å². The van der Waals surface area contributed by atoms with Crippen LogP contribution in [0.2, 0.25) is 0 Å². The van der Waals surface area contributed by atoms with Gasteiger partial charge in [0.25, 0.3) is 5.56 Å². The van der Waals surface area contributed by atoms with Gasteiger partial charge in [-0.25, -0.2) is 0 Å². The van der Waals surface area contributed by atoms with Crippen LogP contribution in [0.4, 0.5) is 0 Å². The van der Waals surface area contributed by atoms with Crippen LogP contribution in [0.15, 0.2) is 23.0 Å². The highest BCUT2D eigenvalue weighted by Gasteiger charge is 2.19. The molecule has 9 heteroatoms. The highest BCUT2D eigenvalue weighted by Crippen LogP contribution is 2.35. The van der Waals surface area contributed by atoms with Crippen molar-refractivity contribution in [3.8, 4) is 11.5 Å². The maximum Gasteiger partial charge on any atom is 0.253 e. The number of H-pyrrole nitrogens is 1. The minimum absolute atomic E-state index is 0.0579. The molecule has 3 heterocycles. The van der Waals surface area contributed by atoms with Crippen LogP contribution < -0.4 is 20.3 Å². The molecule has 4 rings (SSSR count). The first-order valence-electron chi connectivity index (χ1n) is 9.85. The fraction of sp³-hybridized carbons (Fsp3) is 0.500. The SMILES string of the molecule is O=c1[nH]c2cc3c(cc2cc1CN(CCCO)C(=S)NC[C@@H]1CCCO1)OCO3. The van der Waals surface area contributed by atoms with Crippen LogP contribution in [0.1, 0.15) is 24.8 Å². The molecule has 0 bridgehead atoms. The molecule has 1 aromatic carbocycles. The van der Waals surface area contributed by atoms with Gasteiger partial charge >= 0.3 is 0 Å². The molecule has 0 spiro atoms. The van der Waals surface area contributed by atoms with Crippen molar-refractivity contribution < 1.29 is 19.3 Å². The van der Waals surface area contributed by atoms with E-state index in [1.165, 1.54) is 0 Å². The molecular formula is C20H25N3O5S. The molecule has 2 aromatic rings. The summed E-state index contributed by atoms with van der Waals surface area (Å²) in [7, 11) is 0. The molecule has 0 unspecified atom stereocenters. The topological polar surface area (TPSA) is 96.1 Å². The summed E-state index contributed by atoms with van der Waals surface area (Å²) in [6.45, 7) is 2.57. The number of fused-ring (bicyclic) bond motifs is 2. The second kappa shape index (κ2) is 8.98. The van der Waals surface area contributed by atoms with E-state index in [4.69, 9.17) is 26.4 Å². The molecule has 8 nitrogen and oxygen atoms in total. The highest BCUT2D eigenvalue weighted by atomic mass is 32.1. The number of thiocarbonyl (C=S) groups is 1. The summed E-state index contributed by atoms with van der Waals surface area (Å²) in [6, 6.07) is 5.49. The van der Waals surface area contributed by atoms with E-state index in [1.54, 1.807) is 6.07 Å². The number of aromatic nitrogens is 1. The third-order valence-electron chi connectivity index (χ3n) is 5.15. The lowest BCUT2D eigenvalue weighted by atomic mass is 10.1. The van der Waals surface area contributed by atoms with Crippen LogP contribution >= 0.6 is 12.2 Å². The molecule has 0 amide bonds. The zero-order valence-corrected chi connectivity index (χ0v) is 16.9. The minimum atomic E-state index is -0.174. The summed E-state index contributed by atoms with van der Waals surface area (Å²) in [5, 5.41) is 13.9. The van der Waals surface area contributed by atoms with E-state index in [0.29, 0.717) is 53.7 Å². The van der Waals surface area contributed by atoms with Gasteiger partial charge in [-0.2, -0.15) is 0 Å². The second-order valence-corrected chi connectivity index (χ2v) is 7.62. The molecule has 29 heavy (non-hydrogen) atoms. The number of nitrogens with zero attached hydrogens (tertiary/aromatic N) is 1. The molecule has 3 N–H and O–H groups in total. The standard InChI is InChI=1S/C20H25N3O5S/c24-5-2-4-23(20(29)21-10-15-3-1-6-26-15)11-14-7-13-8-17-18(28-12-27-17)9-16(13)22-19(14)25/h7-9,15,24H,1-6,10-12H2,(H,21,29)(H,22,25)/t15-/m0/s1. The second-order valence-electron chi connectivity index (χ2n) is 7.24. The van der Waals surface area contributed by atoms with Gasteiger partial charge in [0.05, 0.1) is 18.2 Å². The minimum Gasteiger partial charge on any atom is -0.454 e. The van der Waals surface area contributed by atoms with Crippen LogP contribution in [0, 0.1) is 0 Å². The maximum absolute atomic E-state index is 12.6. The molecule has 0 radical (unpaired) electrons. The van der Waals surface area contributed by atoms with Crippen molar-refractivity contribution in [2.24, 2.45) is 0 Å². The Kier molecular flexibility index (Phi) is 6.17. The molecular weight excluding hydrogens is 394 g/mol. The smallest absolute Gasteiger partial charge is 0.253 e. The summed E-state index contributed by atoms with van der Waals surface area (Å²) in [6.07, 6.45) is 2.82. The first kappa shape index (κ1) is 19.9. The fourth-order valence-electron chi connectivity index (χ4n) is 3.60. The number of rotatable bonds is 7. The summed E-state index contributed by atoms with van der Waals surface area (Å²) in [5.74, 6) is 1.30. The molecule has 2 aliphatic heterocycles. The largest absolute Gasteiger partial charge is 0.454 e. The van der Waals surface area contributed by atoms with Crippen molar-refractivity contribution in [1.82, 2.24) is 15.2 Å². The average Bonchev–Trinajstić information content (AvgIpc) is 3.39. The van der Waals surface area contributed by atoms with Gasteiger partial charge in [-0.3, -0.25) is 4.79 Å². The molecule has 1 aromatic heterocycles. The van der Waals surface area contributed by atoms with Crippen LogP contribution in [-0.2, 0) is 11.3 Å². The Morgan fingerprint density at radius 3 is 2.90 bits per heavy atom. The van der Waals surface area contributed by atoms with Crippen LogP contribution in [0.5, 0.6) is 11.5 Å². The van der Waals surface area contributed by atoms with E-state index in [2.05, 4.69) is 10.3 Å². The summed E-state index contributed by atoms with van der Waals surface area (Å²) >= 11 is 5.56. The molecule has 1 atom stereocenters. The van der Waals surface area contributed by atoms with Gasteiger partial charge in [-0.1, -0.05) is 0 Å². The zero-order valence-electron chi connectivity index (χ0n) is 16.1. The number of aromatic amines is 1. The Morgan fingerprint density at radius 2 is 2.14 bits per heavy atom. The Hall–Kier alpha value is -2.36. The lowest BCUT2D eigenvalue weighted by Gasteiger charge is -2.26. The van der Waals surface area contributed by atoms with Crippen LogP contribution in [0.25, 0.3) is 10.9 Å². The van der Waals surface area contributed by atoms with Gasteiger partial charge in [-0.05, 0) is 43.6 Å². The molecule has 2 aliphatic rings. The first-order chi connectivity index (χ1) is 14.1. The quantitative estimate of drug-likeness (QED) is 0.581. The van der Waals surface area contributed by atoms with Crippen LogP contribution in [0.3, 0.4) is 0 Å². The number of aliphatic hydroxyl groups excluding tert-OH is 1. The number of pyridine rings is 1. The lowest BCUT2D eigenvalue weighted by Crippen LogP contribution is -2.43. The van der Waals surface area contributed by atoms with E-state index in [1.807, 2.05) is 17.0 Å². The maximum atomic E-state index is 12.6. The van der Waals surface area contributed by atoms with Gasteiger partial charge in [0.2, 0.25) is 6.79 Å². The highest BCUT2D eigenvalue weighted by molar-refractivity contribution is 7.80. The molecule has 156 valence electrons. The van der Waals surface area contributed by atoms with Crippen molar-refractivity contribution in [3.63, 3.8) is 0 Å². The third-order valence-corrected chi connectivity index (χ3v) is 5.56. The molecule has 0 aliphatic carbocycles. The number of hydrogen-bond donors (Lipinski definition) is 3.